The standard InChI is InChI=1S/C18H19BrN2O2/c1-20-8-9-21(12-20)15-10-16(13-4-6-14(19)7-5-13)18(23-3)17(11-15)22-2/h4-11H,12H2,1-3H3. The maximum Gasteiger partial charge on any atom is 0.168 e. The van der Waals surface area contributed by atoms with Gasteiger partial charge < -0.3 is 19.3 Å². The third kappa shape index (κ3) is 3.15. The molecule has 1 aliphatic rings. The number of hydrogen-bond donors (Lipinski definition) is 0. The number of benzene rings is 2. The molecule has 0 fully saturated rings. The maximum absolute atomic E-state index is 5.61. The van der Waals surface area contributed by atoms with Crippen molar-refractivity contribution in [3.05, 3.63) is 53.3 Å². The van der Waals surface area contributed by atoms with Crippen LogP contribution >= 0.6 is 15.9 Å². The Balaban J connectivity index is 2.12. The van der Waals surface area contributed by atoms with Gasteiger partial charge in [-0.05, 0) is 23.8 Å². The number of hydrogen-bond acceptors (Lipinski definition) is 4. The van der Waals surface area contributed by atoms with Crippen molar-refractivity contribution in [3.63, 3.8) is 0 Å². The van der Waals surface area contributed by atoms with Gasteiger partial charge in [0.05, 0.1) is 20.9 Å². The smallest absolute Gasteiger partial charge is 0.168 e. The first-order chi connectivity index (χ1) is 11.1. The van der Waals surface area contributed by atoms with Crippen LogP contribution in [-0.4, -0.2) is 32.8 Å². The summed E-state index contributed by atoms with van der Waals surface area (Å²) in [5.74, 6) is 1.47. The van der Waals surface area contributed by atoms with E-state index in [0.29, 0.717) is 0 Å². The van der Waals surface area contributed by atoms with Crippen molar-refractivity contribution in [2.45, 2.75) is 0 Å². The lowest BCUT2D eigenvalue weighted by Gasteiger charge is -2.22. The lowest BCUT2D eigenvalue weighted by molar-refractivity contribution is 0.356. The van der Waals surface area contributed by atoms with Crippen LogP contribution in [0.5, 0.6) is 11.5 Å². The first kappa shape index (κ1) is 15.7. The number of methoxy groups -OCH3 is 2. The summed E-state index contributed by atoms with van der Waals surface area (Å²) in [6.45, 7) is 0.815. The third-order valence-corrected chi connectivity index (χ3v) is 4.36. The van der Waals surface area contributed by atoms with Crippen LogP contribution in [0.4, 0.5) is 5.69 Å². The van der Waals surface area contributed by atoms with E-state index < -0.39 is 0 Å². The Morgan fingerprint density at radius 2 is 1.74 bits per heavy atom. The van der Waals surface area contributed by atoms with E-state index in [-0.39, 0.29) is 0 Å². The van der Waals surface area contributed by atoms with Gasteiger partial charge in [0.25, 0.3) is 0 Å². The van der Waals surface area contributed by atoms with Gasteiger partial charge in [-0.1, -0.05) is 28.1 Å². The predicted octanol–water partition coefficient (Wildman–Crippen LogP) is 4.31. The van der Waals surface area contributed by atoms with Crippen LogP contribution in [0, 0.1) is 0 Å². The number of ether oxygens (including phenoxy) is 2. The molecule has 4 nitrogen and oxygen atoms in total. The highest BCUT2D eigenvalue weighted by atomic mass is 79.9. The molecule has 0 saturated carbocycles. The summed E-state index contributed by atoms with van der Waals surface area (Å²) >= 11 is 3.48. The average molecular weight is 375 g/mol. The van der Waals surface area contributed by atoms with Crippen molar-refractivity contribution in [2.75, 3.05) is 32.8 Å². The van der Waals surface area contributed by atoms with Gasteiger partial charge in [0.1, 0.15) is 0 Å². The molecule has 0 N–H and O–H groups in total. The molecule has 2 aromatic rings. The van der Waals surface area contributed by atoms with Crippen LogP contribution in [-0.2, 0) is 0 Å². The average Bonchev–Trinajstić information content (AvgIpc) is 3.00. The Morgan fingerprint density at radius 3 is 2.30 bits per heavy atom. The summed E-state index contributed by atoms with van der Waals surface area (Å²) in [6.07, 6.45) is 4.11. The fourth-order valence-electron chi connectivity index (χ4n) is 2.66. The summed E-state index contributed by atoms with van der Waals surface area (Å²) in [4.78, 5) is 4.29. The lowest BCUT2D eigenvalue weighted by atomic mass is 10.0. The fourth-order valence-corrected chi connectivity index (χ4v) is 2.92. The summed E-state index contributed by atoms with van der Waals surface area (Å²) in [5, 5.41) is 0. The summed E-state index contributed by atoms with van der Waals surface area (Å²) in [7, 11) is 5.38. The van der Waals surface area contributed by atoms with E-state index in [0.717, 1.165) is 39.5 Å². The Morgan fingerprint density at radius 1 is 1.00 bits per heavy atom. The second-order valence-corrected chi connectivity index (χ2v) is 6.32. The topological polar surface area (TPSA) is 24.9 Å². The third-order valence-electron chi connectivity index (χ3n) is 3.83. The molecule has 0 aromatic heterocycles. The molecule has 23 heavy (non-hydrogen) atoms. The highest BCUT2D eigenvalue weighted by molar-refractivity contribution is 9.10. The Labute approximate surface area is 145 Å². The molecular formula is C18H19BrN2O2. The minimum absolute atomic E-state index is 0.728. The van der Waals surface area contributed by atoms with Gasteiger partial charge in [0.2, 0.25) is 0 Å². The van der Waals surface area contributed by atoms with Gasteiger partial charge in [0.15, 0.2) is 11.5 Å². The largest absolute Gasteiger partial charge is 0.493 e. The van der Waals surface area contributed by atoms with Crippen molar-refractivity contribution < 1.29 is 9.47 Å². The first-order valence-corrected chi connectivity index (χ1v) is 8.09. The first-order valence-electron chi connectivity index (χ1n) is 7.29. The van der Waals surface area contributed by atoms with E-state index in [1.165, 1.54) is 0 Å². The minimum atomic E-state index is 0.728. The quantitative estimate of drug-likeness (QED) is 0.795. The van der Waals surface area contributed by atoms with Gasteiger partial charge in [0, 0.05) is 41.2 Å². The second kappa shape index (κ2) is 6.54. The van der Waals surface area contributed by atoms with Crippen LogP contribution < -0.4 is 14.4 Å². The molecule has 1 aliphatic heterocycles. The molecule has 120 valence electrons. The van der Waals surface area contributed by atoms with Crippen LogP contribution in [0.1, 0.15) is 0 Å². The zero-order valence-corrected chi connectivity index (χ0v) is 15.0. The summed E-state index contributed by atoms with van der Waals surface area (Å²) in [6, 6.07) is 12.3. The number of halogens is 1. The summed E-state index contributed by atoms with van der Waals surface area (Å²) < 4.78 is 12.2. The molecule has 5 heteroatoms. The van der Waals surface area contributed by atoms with Crippen molar-refractivity contribution >= 4 is 21.6 Å². The summed E-state index contributed by atoms with van der Waals surface area (Å²) in [5.41, 5.74) is 3.17. The zero-order valence-electron chi connectivity index (χ0n) is 13.4. The van der Waals surface area contributed by atoms with Crippen LogP contribution in [0.3, 0.4) is 0 Å². The van der Waals surface area contributed by atoms with Gasteiger partial charge in [-0.2, -0.15) is 0 Å². The Kier molecular flexibility index (Phi) is 4.48. The maximum atomic E-state index is 5.61. The minimum Gasteiger partial charge on any atom is -0.493 e. The van der Waals surface area contributed by atoms with Gasteiger partial charge >= 0.3 is 0 Å². The highest BCUT2D eigenvalue weighted by Crippen LogP contribution is 2.42. The Hall–Kier alpha value is -2.14. The molecule has 0 bridgehead atoms. The van der Waals surface area contributed by atoms with E-state index in [1.54, 1.807) is 14.2 Å². The SMILES string of the molecule is COc1cc(N2C=CN(C)C2)cc(-c2ccc(Br)cc2)c1OC. The monoisotopic (exact) mass is 374 g/mol. The second-order valence-electron chi connectivity index (χ2n) is 5.40. The van der Waals surface area contributed by atoms with E-state index >= 15 is 0 Å². The molecule has 3 rings (SSSR count). The van der Waals surface area contributed by atoms with Crippen molar-refractivity contribution in [3.8, 4) is 22.6 Å². The van der Waals surface area contributed by atoms with E-state index in [9.17, 15) is 0 Å². The molecule has 0 aliphatic carbocycles. The molecule has 0 spiro atoms. The fraction of sp³-hybridized carbons (Fsp3) is 0.222. The number of anilines is 1. The zero-order chi connectivity index (χ0) is 16.4. The normalized spacial score (nSPS) is 13.6. The molecule has 0 saturated heterocycles. The van der Waals surface area contributed by atoms with E-state index in [2.05, 4.69) is 56.3 Å². The molecule has 0 atom stereocenters. The number of rotatable bonds is 4. The van der Waals surface area contributed by atoms with Crippen LogP contribution in [0.15, 0.2) is 53.3 Å². The molecule has 2 aromatic carbocycles. The molecule has 0 unspecified atom stereocenters. The van der Waals surface area contributed by atoms with E-state index in [1.807, 2.05) is 25.2 Å². The van der Waals surface area contributed by atoms with Crippen LogP contribution in [0.25, 0.3) is 11.1 Å². The highest BCUT2D eigenvalue weighted by Gasteiger charge is 2.18. The lowest BCUT2D eigenvalue weighted by Crippen LogP contribution is -2.21. The molecule has 0 amide bonds. The molecular weight excluding hydrogens is 356 g/mol. The van der Waals surface area contributed by atoms with Crippen LogP contribution in [0.2, 0.25) is 0 Å². The van der Waals surface area contributed by atoms with Crippen molar-refractivity contribution in [2.24, 2.45) is 0 Å². The van der Waals surface area contributed by atoms with Gasteiger partial charge in [-0.3, -0.25) is 0 Å². The predicted molar refractivity (Wildman–Crippen MR) is 96.9 cm³/mol. The molecule has 0 radical (unpaired) electrons. The molecule has 1 heterocycles. The van der Waals surface area contributed by atoms with Gasteiger partial charge in [-0.25, -0.2) is 0 Å². The Bertz CT molecular complexity index is 729. The van der Waals surface area contributed by atoms with E-state index in [4.69, 9.17) is 9.47 Å². The van der Waals surface area contributed by atoms with Crippen molar-refractivity contribution in [1.29, 1.82) is 0 Å². The van der Waals surface area contributed by atoms with Gasteiger partial charge in [-0.15, -0.1) is 0 Å². The number of nitrogens with zero attached hydrogens (tertiary/aromatic N) is 2. The van der Waals surface area contributed by atoms with Crippen molar-refractivity contribution in [1.82, 2.24) is 4.90 Å².